The molecule has 0 spiro atoms. The molecule has 2 atom stereocenters. The third kappa shape index (κ3) is 4.74. The number of hydrogen-bond donors (Lipinski definition) is 1. The zero-order chi connectivity index (χ0) is 11.6. The number of halogens is 1. The van der Waals surface area contributed by atoms with E-state index in [2.05, 4.69) is 31.0 Å². The van der Waals surface area contributed by atoms with Crippen molar-refractivity contribution in [3.8, 4) is 0 Å². The van der Waals surface area contributed by atoms with Gasteiger partial charge in [-0.25, -0.2) is 0 Å². The van der Waals surface area contributed by atoms with Crippen LogP contribution >= 0.6 is 12.4 Å². The molecule has 0 saturated carbocycles. The van der Waals surface area contributed by atoms with E-state index in [1.54, 1.807) is 0 Å². The molecule has 4 heteroatoms. The van der Waals surface area contributed by atoms with E-state index in [9.17, 15) is 0 Å². The molecule has 0 radical (unpaired) electrons. The van der Waals surface area contributed by atoms with Gasteiger partial charge in [-0.15, -0.1) is 12.4 Å². The van der Waals surface area contributed by atoms with Gasteiger partial charge in [0.25, 0.3) is 0 Å². The first-order valence-corrected chi connectivity index (χ1v) is 6.66. The largest absolute Gasteiger partial charge is 0.370 e. The summed E-state index contributed by atoms with van der Waals surface area (Å²) < 4.78 is 5.94. The summed E-state index contributed by atoms with van der Waals surface area (Å²) in [6.45, 7) is 12.4. The Labute approximate surface area is 112 Å². The first-order chi connectivity index (χ1) is 7.55. The molecule has 2 aliphatic heterocycles. The summed E-state index contributed by atoms with van der Waals surface area (Å²) in [7, 11) is 0. The van der Waals surface area contributed by atoms with E-state index in [0.717, 1.165) is 19.0 Å². The Balaban J connectivity index is 0.00000144. The fraction of sp³-hybridized carbons (Fsp3) is 1.00. The SMILES string of the molecule is CC1CN(CC2CCCNC2)CC(C)(C)O1.Cl. The maximum Gasteiger partial charge on any atom is 0.0757 e. The zero-order valence-electron chi connectivity index (χ0n) is 11.4. The number of piperidine rings is 1. The third-order valence-electron chi connectivity index (χ3n) is 3.56. The number of nitrogens with one attached hydrogen (secondary N) is 1. The van der Waals surface area contributed by atoms with E-state index in [1.165, 1.54) is 32.5 Å². The molecule has 1 N–H and O–H groups in total. The monoisotopic (exact) mass is 262 g/mol. The lowest BCUT2D eigenvalue weighted by Gasteiger charge is -2.43. The Morgan fingerprint density at radius 1 is 1.41 bits per heavy atom. The average Bonchev–Trinajstić information content (AvgIpc) is 2.15. The summed E-state index contributed by atoms with van der Waals surface area (Å²) in [5.74, 6) is 0.842. The first-order valence-electron chi connectivity index (χ1n) is 6.66. The molecule has 2 heterocycles. The zero-order valence-corrected chi connectivity index (χ0v) is 12.2. The van der Waals surface area contributed by atoms with E-state index in [1.807, 2.05) is 0 Å². The van der Waals surface area contributed by atoms with Crippen LogP contribution in [0.25, 0.3) is 0 Å². The van der Waals surface area contributed by atoms with Crippen molar-refractivity contribution in [3.05, 3.63) is 0 Å². The van der Waals surface area contributed by atoms with Crippen molar-refractivity contribution >= 4 is 12.4 Å². The van der Waals surface area contributed by atoms with Crippen LogP contribution in [-0.4, -0.2) is 49.3 Å². The van der Waals surface area contributed by atoms with Crippen molar-refractivity contribution in [2.75, 3.05) is 32.7 Å². The highest BCUT2D eigenvalue weighted by Gasteiger charge is 2.32. The average molecular weight is 263 g/mol. The standard InChI is InChI=1S/C13H26N2O.ClH/c1-11-8-15(10-13(2,3)16-11)9-12-5-4-6-14-7-12;/h11-12,14H,4-10H2,1-3H3;1H. The van der Waals surface area contributed by atoms with Gasteiger partial charge in [0.05, 0.1) is 11.7 Å². The minimum absolute atomic E-state index is 0. The van der Waals surface area contributed by atoms with Crippen LogP contribution in [0.15, 0.2) is 0 Å². The van der Waals surface area contributed by atoms with E-state index >= 15 is 0 Å². The van der Waals surface area contributed by atoms with Crippen molar-refractivity contribution in [3.63, 3.8) is 0 Å². The van der Waals surface area contributed by atoms with Crippen LogP contribution in [0, 0.1) is 5.92 Å². The maximum atomic E-state index is 5.94. The van der Waals surface area contributed by atoms with E-state index in [0.29, 0.717) is 6.10 Å². The van der Waals surface area contributed by atoms with Crippen molar-refractivity contribution in [1.82, 2.24) is 10.2 Å². The molecule has 2 unspecified atom stereocenters. The molecule has 0 bridgehead atoms. The number of ether oxygens (including phenoxy) is 1. The minimum Gasteiger partial charge on any atom is -0.370 e. The second kappa shape index (κ2) is 6.37. The van der Waals surface area contributed by atoms with Crippen LogP contribution in [-0.2, 0) is 4.74 Å². The number of morpholine rings is 1. The van der Waals surface area contributed by atoms with Crippen LogP contribution < -0.4 is 5.32 Å². The summed E-state index contributed by atoms with van der Waals surface area (Å²) in [4.78, 5) is 2.59. The predicted molar refractivity (Wildman–Crippen MR) is 73.9 cm³/mol. The van der Waals surface area contributed by atoms with Gasteiger partial charge in [-0.3, -0.25) is 4.90 Å². The molecule has 2 fully saturated rings. The van der Waals surface area contributed by atoms with Crippen molar-refractivity contribution in [2.45, 2.75) is 45.3 Å². The molecule has 0 aromatic heterocycles. The molecule has 0 aromatic rings. The van der Waals surface area contributed by atoms with Gasteiger partial charge < -0.3 is 10.1 Å². The number of rotatable bonds is 2. The Morgan fingerprint density at radius 2 is 2.18 bits per heavy atom. The van der Waals surface area contributed by atoms with Crippen LogP contribution in [0.1, 0.15) is 33.6 Å². The molecule has 0 aliphatic carbocycles. The van der Waals surface area contributed by atoms with Crippen molar-refractivity contribution in [1.29, 1.82) is 0 Å². The van der Waals surface area contributed by atoms with Crippen LogP contribution in [0.2, 0.25) is 0 Å². The molecular formula is C13H27ClN2O. The summed E-state index contributed by atoms with van der Waals surface area (Å²) in [5.41, 5.74) is 0.0275. The Kier molecular flexibility index (Phi) is 5.71. The molecule has 2 aliphatic rings. The highest BCUT2D eigenvalue weighted by Crippen LogP contribution is 2.22. The lowest BCUT2D eigenvalue weighted by atomic mass is 9.97. The van der Waals surface area contributed by atoms with Crippen LogP contribution in [0.4, 0.5) is 0 Å². The van der Waals surface area contributed by atoms with Gasteiger partial charge in [0, 0.05) is 19.6 Å². The second-order valence-electron chi connectivity index (χ2n) is 6.09. The third-order valence-corrected chi connectivity index (χ3v) is 3.56. The lowest BCUT2D eigenvalue weighted by Crippen LogP contribution is -2.53. The fourth-order valence-corrected chi connectivity index (χ4v) is 3.17. The van der Waals surface area contributed by atoms with Crippen molar-refractivity contribution in [2.24, 2.45) is 5.92 Å². The highest BCUT2D eigenvalue weighted by molar-refractivity contribution is 5.85. The summed E-state index contributed by atoms with van der Waals surface area (Å²) in [5, 5.41) is 3.50. The molecule has 3 nitrogen and oxygen atoms in total. The van der Waals surface area contributed by atoms with Gasteiger partial charge in [0.2, 0.25) is 0 Å². The minimum atomic E-state index is 0. The van der Waals surface area contributed by atoms with E-state index in [-0.39, 0.29) is 18.0 Å². The Morgan fingerprint density at radius 3 is 2.76 bits per heavy atom. The van der Waals surface area contributed by atoms with Crippen LogP contribution in [0.5, 0.6) is 0 Å². The fourth-order valence-electron chi connectivity index (χ4n) is 3.17. The van der Waals surface area contributed by atoms with Gasteiger partial charge in [-0.2, -0.15) is 0 Å². The van der Waals surface area contributed by atoms with E-state index < -0.39 is 0 Å². The lowest BCUT2D eigenvalue weighted by molar-refractivity contribution is -0.131. The smallest absolute Gasteiger partial charge is 0.0757 e. The molecule has 2 rings (SSSR count). The van der Waals surface area contributed by atoms with Gasteiger partial charge in [0.15, 0.2) is 0 Å². The van der Waals surface area contributed by atoms with Crippen LogP contribution in [0.3, 0.4) is 0 Å². The summed E-state index contributed by atoms with van der Waals surface area (Å²) in [6.07, 6.45) is 3.10. The van der Waals surface area contributed by atoms with Gasteiger partial charge >= 0.3 is 0 Å². The van der Waals surface area contributed by atoms with Gasteiger partial charge in [-0.05, 0) is 52.6 Å². The van der Waals surface area contributed by atoms with Gasteiger partial charge in [0.1, 0.15) is 0 Å². The molecule has 0 aromatic carbocycles. The van der Waals surface area contributed by atoms with Gasteiger partial charge in [-0.1, -0.05) is 0 Å². The Hall–Kier alpha value is 0.170. The number of hydrogen-bond acceptors (Lipinski definition) is 3. The maximum absolute atomic E-state index is 5.94. The molecule has 102 valence electrons. The summed E-state index contributed by atoms with van der Waals surface area (Å²) in [6, 6.07) is 0. The Bertz CT molecular complexity index is 229. The summed E-state index contributed by atoms with van der Waals surface area (Å²) >= 11 is 0. The predicted octanol–water partition coefficient (Wildman–Crippen LogP) is 1.91. The topological polar surface area (TPSA) is 24.5 Å². The highest BCUT2D eigenvalue weighted by atomic mass is 35.5. The normalized spacial score (nSPS) is 34.1. The molecule has 0 amide bonds. The molecule has 17 heavy (non-hydrogen) atoms. The number of nitrogens with zero attached hydrogens (tertiary/aromatic N) is 1. The molecular weight excluding hydrogens is 236 g/mol. The quantitative estimate of drug-likeness (QED) is 0.823. The second-order valence-corrected chi connectivity index (χ2v) is 6.09. The van der Waals surface area contributed by atoms with Crippen molar-refractivity contribution < 1.29 is 4.74 Å². The van der Waals surface area contributed by atoms with E-state index in [4.69, 9.17) is 4.74 Å². The first kappa shape index (κ1) is 15.2. The molecule has 2 saturated heterocycles.